The van der Waals surface area contributed by atoms with Gasteiger partial charge in [0.1, 0.15) is 11.5 Å². The molecule has 4 heterocycles. The third kappa shape index (κ3) is 4.21. The maximum atomic E-state index is 13.1. The van der Waals surface area contributed by atoms with E-state index < -0.39 is 18.0 Å². The number of hydrogen-bond donors (Lipinski definition) is 3. The van der Waals surface area contributed by atoms with E-state index in [1.54, 1.807) is 12.1 Å². The summed E-state index contributed by atoms with van der Waals surface area (Å²) in [5.74, 6) is 0.131. The predicted octanol–water partition coefficient (Wildman–Crippen LogP) is 2.81. The second kappa shape index (κ2) is 8.16. The number of nitrogens with one attached hydrogen (secondary N) is 3. The first-order chi connectivity index (χ1) is 14.0. The number of halogens is 2. The van der Waals surface area contributed by atoms with Gasteiger partial charge in [-0.25, -0.2) is 13.3 Å². The Bertz CT molecular complexity index is 1010. The first-order valence-electron chi connectivity index (χ1n) is 9.60. The van der Waals surface area contributed by atoms with Gasteiger partial charge in [-0.3, -0.25) is 9.48 Å². The van der Waals surface area contributed by atoms with Gasteiger partial charge in [-0.05, 0) is 43.7 Å². The maximum Gasteiger partial charge on any atom is 0.284 e. The van der Waals surface area contributed by atoms with Crippen LogP contribution < -0.4 is 16.0 Å². The van der Waals surface area contributed by atoms with E-state index in [0.29, 0.717) is 5.82 Å². The number of nitrogens with zero attached hydrogens (tertiary/aromatic N) is 4. The van der Waals surface area contributed by atoms with Gasteiger partial charge in [0.25, 0.3) is 12.3 Å². The zero-order chi connectivity index (χ0) is 20.4. The minimum Gasteiger partial charge on any atom is -0.365 e. The summed E-state index contributed by atoms with van der Waals surface area (Å²) in [4.78, 5) is 12.7. The van der Waals surface area contributed by atoms with Crippen LogP contribution in [0.1, 0.15) is 41.9 Å². The Kier molecular flexibility index (Phi) is 5.43. The van der Waals surface area contributed by atoms with Crippen LogP contribution in [0.15, 0.2) is 30.5 Å². The molecule has 3 N–H and O–H groups in total. The molecule has 0 spiro atoms. The fourth-order valence-corrected chi connectivity index (χ4v) is 3.54. The highest BCUT2D eigenvalue weighted by Gasteiger charge is 2.21. The molecule has 1 atom stereocenters. The average molecular weight is 403 g/mol. The molecule has 1 amide bonds. The molecule has 8 nitrogen and oxygen atoms in total. The third-order valence-corrected chi connectivity index (χ3v) is 4.95. The van der Waals surface area contributed by atoms with E-state index >= 15 is 0 Å². The molecule has 29 heavy (non-hydrogen) atoms. The number of fused-ring (bicyclic) bond motifs is 1. The van der Waals surface area contributed by atoms with Crippen molar-refractivity contribution >= 4 is 22.9 Å². The lowest BCUT2D eigenvalue weighted by Gasteiger charge is -2.17. The Balaban J connectivity index is 1.56. The van der Waals surface area contributed by atoms with Crippen LogP contribution in [-0.4, -0.2) is 44.4 Å². The monoisotopic (exact) mass is 403 g/mol. The van der Waals surface area contributed by atoms with Crippen molar-refractivity contribution in [1.29, 1.82) is 0 Å². The first-order valence-corrected chi connectivity index (χ1v) is 9.60. The zero-order valence-corrected chi connectivity index (χ0v) is 16.0. The van der Waals surface area contributed by atoms with Crippen molar-refractivity contribution in [2.75, 3.05) is 23.7 Å². The van der Waals surface area contributed by atoms with E-state index in [1.165, 1.54) is 22.4 Å². The molecule has 0 bridgehead atoms. The predicted molar refractivity (Wildman–Crippen MR) is 105 cm³/mol. The lowest BCUT2D eigenvalue weighted by atomic mass is 10.1. The summed E-state index contributed by atoms with van der Waals surface area (Å²) >= 11 is 0. The Morgan fingerprint density at radius 2 is 2.07 bits per heavy atom. The third-order valence-electron chi connectivity index (χ3n) is 4.95. The normalized spacial score (nSPS) is 17.4. The van der Waals surface area contributed by atoms with Crippen molar-refractivity contribution in [2.24, 2.45) is 7.05 Å². The summed E-state index contributed by atoms with van der Waals surface area (Å²) in [6, 6.07) is 7.38. The molecule has 0 unspecified atom stereocenters. The molecule has 1 fully saturated rings. The molecule has 3 aromatic rings. The minimum atomic E-state index is -2.78. The molecule has 0 saturated carbocycles. The Labute approximate surface area is 166 Å². The molecule has 1 aliphatic rings. The summed E-state index contributed by atoms with van der Waals surface area (Å²) in [6.07, 6.45) is 1.92. The number of amides is 1. The standard InChI is InChI=1S/C19H23F2N7O/c1-27-11-14(17(26-27)18(20)21)24-19(29)15-7-5-13-6-8-16(25-28(13)15)23-12-4-2-3-9-22-10-12/h5-8,11-12,18,22H,2-4,9-10H2,1H3,(H,23,25)(H,24,29)/t12-/m1/s1. The van der Waals surface area contributed by atoms with Crippen LogP contribution >= 0.6 is 0 Å². The fourth-order valence-electron chi connectivity index (χ4n) is 3.54. The van der Waals surface area contributed by atoms with Gasteiger partial charge in [0.15, 0.2) is 5.69 Å². The second-order valence-corrected chi connectivity index (χ2v) is 7.17. The SMILES string of the molecule is Cn1cc(NC(=O)c2ccc3ccc(N[C@@H]4CCCCNC4)nn23)c(C(F)F)n1. The molecule has 0 aliphatic carbocycles. The van der Waals surface area contributed by atoms with Crippen LogP contribution in [0, 0.1) is 0 Å². The highest BCUT2D eigenvalue weighted by molar-refractivity contribution is 6.04. The van der Waals surface area contributed by atoms with Crippen LogP contribution in [0.2, 0.25) is 0 Å². The fraction of sp³-hybridized carbons (Fsp3) is 0.421. The molecular formula is C19H23F2N7O. The van der Waals surface area contributed by atoms with E-state index in [0.717, 1.165) is 37.9 Å². The van der Waals surface area contributed by atoms with Crippen molar-refractivity contribution < 1.29 is 13.6 Å². The molecule has 0 radical (unpaired) electrons. The highest BCUT2D eigenvalue weighted by atomic mass is 19.3. The van der Waals surface area contributed by atoms with Crippen molar-refractivity contribution in [2.45, 2.75) is 31.7 Å². The summed E-state index contributed by atoms with van der Waals surface area (Å²) < 4.78 is 29.0. The first kappa shape index (κ1) is 19.3. The number of carbonyl (C=O) groups is 1. The number of hydrogen-bond acceptors (Lipinski definition) is 5. The molecule has 4 rings (SSSR count). The van der Waals surface area contributed by atoms with E-state index in [1.807, 2.05) is 12.1 Å². The van der Waals surface area contributed by atoms with Gasteiger partial charge in [0.2, 0.25) is 0 Å². The summed E-state index contributed by atoms with van der Waals surface area (Å²) in [7, 11) is 1.52. The van der Waals surface area contributed by atoms with E-state index in [4.69, 9.17) is 0 Å². The summed E-state index contributed by atoms with van der Waals surface area (Å²) in [5.41, 5.74) is 0.519. The van der Waals surface area contributed by atoms with Crippen molar-refractivity contribution in [3.63, 3.8) is 0 Å². The summed E-state index contributed by atoms with van der Waals surface area (Å²) in [5, 5.41) is 17.6. The van der Waals surface area contributed by atoms with Crippen LogP contribution in [-0.2, 0) is 7.05 Å². The molecule has 3 aromatic heterocycles. The minimum absolute atomic E-state index is 0.0127. The number of carbonyl (C=O) groups excluding carboxylic acids is 1. The molecule has 0 aromatic carbocycles. The Hall–Kier alpha value is -3.01. The van der Waals surface area contributed by atoms with Crippen LogP contribution in [0.4, 0.5) is 20.3 Å². The van der Waals surface area contributed by atoms with E-state index in [-0.39, 0.29) is 17.4 Å². The number of aromatic nitrogens is 4. The molecule has 1 saturated heterocycles. The van der Waals surface area contributed by atoms with Crippen molar-refractivity contribution in [3.8, 4) is 0 Å². The number of rotatable bonds is 5. The average Bonchev–Trinajstić information content (AvgIpc) is 3.17. The number of aryl methyl sites for hydroxylation is 1. The van der Waals surface area contributed by atoms with Gasteiger partial charge < -0.3 is 16.0 Å². The Morgan fingerprint density at radius 1 is 1.24 bits per heavy atom. The van der Waals surface area contributed by atoms with Crippen LogP contribution in [0.25, 0.3) is 5.52 Å². The van der Waals surface area contributed by atoms with Gasteiger partial charge in [-0.1, -0.05) is 6.42 Å². The van der Waals surface area contributed by atoms with Gasteiger partial charge in [-0.2, -0.15) is 5.10 Å². The number of alkyl halides is 2. The van der Waals surface area contributed by atoms with E-state index in [9.17, 15) is 13.6 Å². The van der Waals surface area contributed by atoms with Gasteiger partial charge in [0.05, 0.1) is 11.2 Å². The zero-order valence-electron chi connectivity index (χ0n) is 16.0. The molecule has 1 aliphatic heterocycles. The lowest BCUT2D eigenvalue weighted by molar-refractivity contribution is 0.101. The molecule has 10 heteroatoms. The Morgan fingerprint density at radius 3 is 2.90 bits per heavy atom. The van der Waals surface area contributed by atoms with Crippen LogP contribution in [0.5, 0.6) is 0 Å². The highest BCUT2D eigenvalue weighted by Crippen LogP contribution is 2.25. The van der Waals surface area contributed by atoms with E-state index in [2.05, 4.69) is 26.1 Å². The topological polar surface area (TPSA) is 88.3 Å². The van der Waals surface area contributed by atoms with Crippen molar-refractivity contribution in [3.05, 3.63) is 41.9 Å². The largest absolute Gasteiger partial charge is 0.365 e. The molecular weight excluding hydrogens is 380 g/mol. The van der Waals surface area contributed by atoms with Gasteiger partial charge >= 0.3 is 0 Å². The lowest BCUT2D eigenvalue weighted by Crippen LogP contribution is -2.31. The van der Waals surface area contributed by atoms with Crippen molar-refractivity contribution in [1.82, 2.24) is 24.7 Å². The van der Waals surface area contributed by atoms with Gasteiger partial charge in [0, 0.05) is 25.8 Å². The molecule has 154 valence electrons. The van der Waals surface area contributed by atoms with Crippen LogP contribution in [0.3, 0.4) is 0 Å². The summed E-state index contributed by atoms with van der Waals surface area (Å²) in [6.45, 7) is 1.87. The van der Waals surface area contributed by atoms with Gasteiger partial charge in [-0.15, -0.1) is 5.10 Å². The smallest absolute Gasteiger partial charge is 0.284 e. The quantitative estimate of drug-likeness (QED) is 0.610. The second-order valence-electron chi connectivity index (χ2n) is 7.17. The maximum absolute atomic E-state index is 13.1. The number of anilines is 2.